The van der Waals surface area contributed by atoms with Crippen LogP contribution in [0.15, 0.2) is 42.2 Å². The van der Waals surface area contributed by atoms with E-state index in [0.717, 1.165) is 11.1 Å². The molecular formula is C23H24ClFN6O. The molecular weight excluding hydrogens is 431 g/mol. The summed E-state index contributed by atoms with van der Waals surface area (Å²) in [7, 11) is 1.82. The second-order valence-corrected chi connectivity index (χ2v) is 8.03. The number of hydrogen-bond acceptors (Lipinski definition) is 6. The quantitative estimate of drug-likeness (QED) is 0.508. The summed E-state index contributed by atoms with van der Waals surface area (Å²) in [5.41, 5.74) is 10.9. The fourth-order valence-electron chi connectivity index (χ4n) is 3.95. The molecule has 0 aliphatic carbocycles. The topological polar surface area (TPSA) is 102 Å². The Morgan fingerprint density at radius 1 is 1.41 bits per heavy atom. The third kappa shape index (κ3) is 4.05. The highest BCUT2D eigenvalue weighted by Gasteiger charge is 2.24. The summed E-state index contributed by atoms with van der Waals surface area (Å²) in [6.45, 7) is 4.41. The molecule has 0 spiro atoms. The molecule has 0 amide bonds. The van der Waals surface area contributed by atoms with E-state index in [2.05, 4.69) is 15.4 Å². The summed E-state index contributed by atoms with van der Waals surface area (Å²) in [4.78, 5) is 4.29. The van der Waals surface area contributed by atoms with Gasteiger partial charge in [-0.2, -0.15) is 5.10 Å². The lowest BCUT2D eigenvalue weighted by Gasteiger charge is -2.22. The lowest BCUT2D eigenvalue weighted by atomic mass is 9.94. The number of hydrogen-bond donors (Lipinski definition) is 3. The van der Waals surface area contributed by atoms with Crippen LogP contribution in [0.2, 0.25) is 0 Å². The fourth-order valence-corrected chi connectivity index (χ4v) is 4.11. The molecule has 9 heteroatoms. The maximum absolute atomic E-state index is 14.2. The average Bonchev–Trinajstić information content (AvgIpc) is 3.11. The number of aryl methyl sites for hydroxylation is 1. The highest BCUT2D eigenvalue weighted by molar-refractivity contribution is 6.69. The second kappa shape index (κ2) is 8.63. The predicted molar refractivity (Wildman–Crippen MR) is 124 cm³/mol. The van der Waals surface area contributed by atoms with Crippen LogP contribution in [0.4, 0.5) is 10.2 Å². The van der Waals surface area contributed by atoms with Crippen molar-refractivity contribution in [3.05, 3.63) is 64.7 Å². The number of nitrogens with one attached hydrogen (secondary N) is 2. The number of nitrogens with zero attached hydrogens (tertiary/aromatic N) is 3. The van der Waals surface area contributed by atoms with Crippen molar-refractivity contribution < 1.29 is 9.13 Å². The molecule has 0 radical (unpaired) electrons. The molecule has 7 nitrogen and oxygen atoms in total. The summed E-state index contributed by atoms with van der Waals surface area (Å²) < 4.78 is 22.1. The number of halogens is 2. The van der Waals surface area contributed by atoms with E-state index in [9.17, 15) is 4.39 Å². The Morgan fingerprint density at radius 3 is 2.91 bits per heavy atom. The number of nitrogens with two attached hydrogens (primary N) is 1. The third-order valence-electron chi connectivity index (χ3n) is 5.37. The fraction of sp³-hybridized carbons (Fsp3) is 0.261. The van der Waals surface area contributed by atoms with Crippen LogP contribution >= 0.6 is 11.6 Å². The summed E-state index contributed by atoms with van der Waals surface area (Å²) in [6, 6.07) is 6.31. The molecule has 2 aromatic heterocycles. The molecule has 0 fully saturated rings. The number of ether oxygens (including phenoxy) is 1. The monoisotopic (exact) mass is 454 g/mol. The van der Waals surface area contributed by atoms with Crippen molar-refractivity contribution >= 4 is 28.3 Å². The summed E-state index contributed by atoms with van der Waals surface area (Å²) in [6.07, 6.45) is 3.33. The van der Waals surface area contributed by atoms with Crippen LogP contribution in [0.5, 0.6) is 5.75 Å². The molecule has 32 heavy (non-hydrogen) atoms. The molecule has 2 bridgehead atoms. The van der Waals surface area contributed by atoms with Gasteiger partial charge in [-0.3, -0.25) is 10.1 Å². The Morgan fingerprint density at radius 2 is 2.19 bits per heavy atom. The number of allylic oxidation sites excluding steroid dienone is 1. The van der Waals surface area contributed by atoms with Gasteiger partial charge in [0.1, 0.15) is 17.1 Å². The van der Waals surface area contributed by atoms with Gasteiger partial charge in [0.05, 0.1) is 5.69 Å². The molecule has 0 saturated carbocycles. The minimum atomic E-state index is -0.522. The van der Waals surface area contributed by atoms with E-state index in [1.807, 2.05) is 27.1 Å². The van der Waals surface area contributed by atoms with Crippen molar-refractivity contribution in [2.75, 3.05) is 12.3 Å². The molecule has 1 aliphatic heterocycles. The van der Waals surface area contributed by atoms with Crippen LogP contribution in [0.3, 0.4) is 0 Å². The molecule has 1 unspecified atom stereocenters. The molecule has 0 saturated heterocycles. The molecule has 1 aliphatic rings. The molecule has 3 aromatic rings. The lowest BCUT2D eigenvalue weighted by molar-refractivity contribution is 0.227. The van der Waals surface area contributed by atoms with E-state index < -0.39 is 6.10 Å². The van der Waals surface area contributed by atoms with Gasteiger partial charge in [-0.05, 0) is 38.1 Å². The van der Waals surface area contributed by atoms with E-state index in [1.165, 1.54) is 12.1 Å². The predicted octanol–water partition coefficient (Wildman–Crippen LogP) is 4.44. The summed E-state index contributed by atoms with van der Waals surface area (Å²) >= 11 is 6.27. The first-order valence-corrected chi connectivity index (χ1v) is 10.6. The van der Waals surface area contributed by atoms with E-state index >= 15 is 0 Å². The lowest BCUT2D eigenvalue weighted by Crippen LogP contribution is -2.18. The molecule has 3 heterocycles. The van der Waals surface area contributed by atoms with Crippen molar-refractivity contribution in [3.8, 4) is 17.0 Å². The zero-order valence-electron chi connectivity index (χ0n) is 18.0. The number of anilines is 1. The first kappa shape index (κ1) is 21.8. The van der Waals surface area contributed by atoms with Crippen LogP contribution in [0.25, 0.3) is 17.0 Å². The van der Waals surface area contributed by atoms with Gasteiger partial charge < -0.3 is 15.8 Å². The molecule has 166 valence electrons. The van der Waals surface area contributed by atoms with Crippen molar-refractivity contribution in [2.24, 2.45) is 7.05 Å². The highest BCUT2D eigenvalue weighted by atomic mass is 35.5. The van der Waals surface area contributed by atoms with Crippen molar-refractivity contribution in [3.63, 3.8) is 0 Å². The number of nitrogen functional groups attached to an aromatic ring is 1. The molecule has 1 aromatic carbocycles. The van der Waals surface area contributed by atoms with E-state index in [1.54, 1.807) is 23.0 Å². The van der Waals surface area contributed by atoms with Gasteiger partial charge in [0.25, 0.3) is 0 Å². The molecule has 1 atom stereocenters. The zero-order chi connectivity index (χ0) is 23.0. The number of rotatable bonds is 3. The normalized spacial score (nSPS) is 18.0. The Hall–Kier alpha value is -3.39. The highest BCUT2D eigenvalue weighted by Crippen LogP contribution is 2.37. The van der Waals surface area contributed by atoms with Crippen LogP contribution in [-0.2, 0) is 13.5 Å². The van der Waals surface area contributed by atoms with Gasteiger partial charge in [-0.25, -0.2) is 9.37 Å². The first-order valence-electron chi connectivity index (χ1n) is 10.2. The van der Waals surface area contributed by atoms with Crippen LogP contribution < -0.4 is 15.8 Å². The van der Waals surface area contributed by atoms with Gasteiger partial charge in [0, 0.05) is 65.9 Å². The van der Waals surface area contributed by atoms with E-state index in [4.69, 9.17) is 27.5 Å². The average molecular weight is 455 g/mol. The summed E-state index contributed by atoms with van der Waals surface area (Å²) in [5, 5.41) is 16.1. The van der Waals surface area contributed by atoms with Gasteiger partial charge in [-0.1, -0.05) is 11.6 Å². The standard InChI is InChI=1S/C23H24ClFN6O/c1-4-28-20-13-8-19(23(27)29-10-13)32-12(2)17-9-15(25)5-6-16(17)21-14(11-31(3)30-21)7-18(20)22(24)26/h5-6,8-12,26,28H,4,7H2,1-3H3,(H2,27,29)/b20-18-,26-22?. The smallest absolute Gasteiger partial charge is 0.166 e. The van der Waals surface area contributed by atoms with Crippen molar-refractivity contribution in [1.29, 1.82) is 5.41 Å². The number of benzene rings is 1. The van der Waals surface area contributed by atoms with Crippen LogP contribution in [0, 0.1) is 11.2 Å². The number of pyridine rings is 1. The molecule has 4 rings (SSSR count). The van der Waals surface area contributed by atoms with Gasteiger partial charge in [-0.15, -0.1) is 0 Å². The Kier molecular flexibility index (Phi) is 5.88. The van der Waals surface area contributed by atoms with Crippen molar-refractivity contribution in [2.45, 2.75) is 26.4 Å². The Balaban J connectivity index is 2.05. The van der Waals surface area contributed by atoms with E-state index in [0.29, 0.717) is 46.8 Å². The first-order chi connectivity index (χ1) is 15.3. The Bertz CT molecular complexity index is 1240. The minimum absolute atomic E-state index is 0.0974. The van der Waals surface area contributed by atoms with Gasteiger partial charge >= 0.3 is 0 Å². The molecule has 4 N–H and O–H groups in total. The third-order valence-corrected chi connectivity index (χ3v) is 5.60. The SMILES string of the molecule is CCN/C1=C(\C(=N)Cl)Cc2cn(C)nc2-c2ccc(F)cc2C(C)Oc2cc1cnc2N. The summed E-state index contributed by atoms with van der Waals surface area (Å²) in [5.74, 6) is 0.205. The Labute approximate surface area is 190 Å². The largest absolute Gasteiger partial charge is 0.482 e. The second-order valence-electron chi connectivity index (χ2n) is 7.65. The van der Waals surface area contributed by atoms with Crippen molar-refractivity contribution in [1.82, 2.24) is 20.1 Å². The van der Waals surface area contributed by atoms with Gasteiger partial charge in [0.15, 0.2) is 11.6 Å². The zero-order valence-corrected chi connectivity index (χ0v) is 18.8. The van der Waals surface area contributed by atoms with Crippen LogP contribution in [-0.4, -0.2) is 26.5 Å². The van der Waals surface area contributed by atoms with E-state index in [-0.39, 0.29) is 16.8 Å². The maximum Gasteiger partial charge on any atom is 0.166 e. The maximum atomic E-state index is 14.2. The van der Waals surface area contributed by atoms with Gasteiger partial charge in [0.2, 0.25) is 0 Å². The minimum Gasteiger partial charge on any atom is -0.482 e. The van der Waals surface area contributed by atoms with Crippen LogP contribution in [0.1, 0.15) is 36.6 Å². The number of fused-ring (bicyclic) bond motifs is 5. The number of aromatic nitrogens is 3.